The van der Waals surface area contributed by atoms with Gasteiger partial charge in [-0.2, -0.15) is 0 Å². The van der Waals surface area contributed by atoms with Crippen molar-refractivity contribution < 1.29 is 4.74 Å². The number of nitrogens with two attached hydrogens (primary N) is 1. The molecule has 2 heteroatoms. The minimum absolute atomic E-state index is 0.0127. The fourth-order valence-electron chi connectivity index (χ4n) is 2.15. The van der Waals surface area contributed by atoms with Crippen LogP contribution in [0.3, 0.4) is 0 Å². The third-order valence-corrected chi connectivity index (χ3v) is 3.36. The maximum absolute atomic E-state index is 6.24. The Kier molecular flexibility index (Phi) is 4.58. The molecule has 19 heavy (non-hydrogen) atoms. The van der Waals surface area contributed by atoms with Crippen LogP contribution in [0.5, 0.6) is 5.75 Å². The summed E-state index contributed by atoms with van der Waals surface area (Å²) in [6.45, 7) is 4.18. The molecule has 2 aromatic carbocycles. The summed E-state index contributed by atoms with van der Waals surface area (Å²) in [5.41, 5.74) is 8.62. The van der Waals surface area contributed by atoms with E-state index in [2.05, 4.69) is 26.0 Å². The highest BCUT2D eigenvalue weighted by molar-refractivity contribution is 5.31. The molecule has 100 valence electrons. The third kappa shape index (κ3) is 3.36. The summed E-state index contributed by atoms with van der Waals surface area (Å²) in [7, 11) is 0. The van der Waals surface area contributed by atoms with Crippen LogP contribution in [-0.2, 0) is 0 Å². The average Bonchev–Trinajstić information content (AvgIpc) is 2.46. The summed E-state index contributed by atoms with van der Waals surface area (Å²) in [5, 5.41) is 0. The number of ether oxygens (including phenoxy) is 1. The van der Waals surface area contributed by atoms with Gasteiger partial charge in [-0.05, 0) is 36.6 Å². The number of aryl methyl sites for hydroxylation is 1. The first-order valence-corrected chi connectivity index (χ1v) is 6.75. The number of benzene rings is 2. The predicted molar refractivity (Wildman–Crippen MR) is 79.3 cm³/mol. The first-order chi connectivity index (χ1) is 9.22. The van der Waals surface area contributed by atoms with E-state index >= 15 is 0 Å². The van der Waals surface area contributed by atoms with Gasteiger partial charge in [-0.1, -0.05) is 49.4 Å². The average molecular weight is 255 g/mol. The van der Waals surface area contributed by atoms with Gasteiger partial charge in [0.25, 0.3) is 0 Å². The highest BCUT2D eigenvalue weighted by Gasteiger charge is 2.21. The Hall–Kier alpha value is -1.80. The maximum atomic E-state index is 6.24. The van der Waals surface area contributed by atoms with Crippen molar-refractivity contribution in [3.05, 3.63) is 65.7 Å². The maximum Gasteiger partial charge on any atom is 0.139 e. The van der Waals surface area contributed by atoms with Crippen molar-refractivity contribution in [2.24, 2.45) is 5.73 Å². The Bertz CT molecular complexity index is 510. The Morgan fingerprint density at radius 3 is 2.26 bits per heavy atom. The summed E-state index contributed by atoms with van der Waals surface area (Å²) in [6, 6.07) is 18.1. The summed E-state index contributed by atoms with van der Waals surface area (Å²) in [6.07, 6.45) is 0.778. The molecule has 0 saturated carbocycles. The van der Waals surface area contributed by atoms with Crippen LogP contribution in [-0.4, -0.2) is 6.04 Å². The molecular weight excluding hydrogens is 234 g/mol. The molecule has 0 radical (unpaired) electrons. The van der Waals surface area contributed by atoms with E-state index in [1.165, 1.54) is 11.1 Å². The van der Waals surface area contributed by atoms with Crippen LogP contribution < -0.4 is 10.5 Å². The van der Waals surface area contributed by atoms with Gasteiger partial charge in [0.1, 0.15) is 11.9 Å². The quantitative estimate of drug-likeness (QED) is 0.880. The van der Waals surface area contributed by atoms with Gasteiger partial charge in [-0.15, -0.1) is 0 Å². The molecule has 0 aliphatic rings. The normalized spacial score (nSPS) is 13.8. The smallest absolute Gasteiger partial charge is 0.139 e. The molecule has 0 heterocycles. The molecule has 2 rings (SSSR count). The van der Waals surface area contributed by atoms with E-state index in [1.807, 2.05) is 42.5 Å². The van der Waals surface area contributed by atoms with Crippen molar-refractivity contribution in [2.45, 2.75) is 32.4 Å². The monoisotopic (exact) mass is 255 g/mol. The van der Waals surface area contributed by atoms with Crippen molar-refractivity contribution in [3.63, 3.8) is 0 Å². The molecule has 2 atom stereocenters. The summed E-state index contributed by atoms with van der Waals surface area (Å²) in [4.78, 5) is 0. The van der Waals surface area contributed by atoms with Gasteiger partial charge in [-0.3, -0.25) is 0 Å². The lowest BCUT2D eigenvalue weighted by molar-refractivity contribution is 0.170. The summed E-state index contributed by atoms with van der Waals surface area (Å²) < 4.78 is 6.11. The van der Waals surface area contributed by atoms with Gasteiger partial charge in [0.05, 0.1) is 0 Å². The minimum atomic E-state index is -0.103. The molecule has 0 saturated heterocycles. The zero-order valence-electron chi connectivity index (χ0n) is 11.5. The van der Waals surface area contributed by atoms with E-state index in [0.29, 0.717) is 0 Å². The predicted octanol–water partition coefficient (Wildman–Crippen LogP) is 3.85. The molecule has 0 spiro atoms. The van der Waals surface area contributed by atoms with Crippen LogP contribution in [0.15, 0.2) is 54.6 Å². The van der Waals surface area contributed by atoms with Crippen LogP contribution in [0.1, 0.15) is 30.6 Å². The first kappa shape index (κ1) is 13.6. The van der Waals surface area contributed by atoms with Crippen LogP contribution >= 0.6 is 0 Å². The first-order valence-electron chi connectivity index (χ1n) is 6.75. The summed E-state index contributed by atoms with van der Waals surface area (Å²) in [5.74, 6) is 0.861. The van der Waals surface area contributed by atoms with Crippen molar-refractivity contribution in [2.75, 3.05) is 0 Å². The number of hydrogen-bond acceptors (Lipinski definition) is 2. The third-order valence-electron chi connectivity index (χ3n) is 3.36. The Morgan fingerprint density at radius 2 is 1.63 bits per heavy atom. The Morgan fingerprint density at radius 1 is 1.00 bits per heavy atom. The van der Waals surface area contributed by atoms with E-state index in [4.69, 9.17) is 10.5 Å². The van der Waals surface area contributed by atoms with E-state index < -0.39 is 0 Å². The van der Waals surface area contributed by atoms with E-state index in [1.54, 1.807) is 0 Å². The van der Waals surface area contributed by atoms with Crippen LogP contribution in [0, 0.1) is 6.92 Å². The highest BCUT2D eigenvalue weighted by Crippen LogP contribution is 2.27. The standard InChI is InChI=1S/C17H21NO/c1-3-16(18)17(15-12-8-7-9-13(15)2)19-14-10-5-4-6-11-14/h4-12,16-17H,3,18H2,1-2H3. The molecule has 2 nitrogen and oxygen atoms in total. The lowest BCUT2D eigenvalue weighted by Crippen LogP contribution is -2.31. The van der Waals surface area contributed by atoms with Gasteiger partial charge in [0, 0.05) is 6.04 Å². The molecule has 0 amide bonds. The van der Waals surface area contributed by atoms with Gasteiger partial charge < -0.3 is 10.5 Å². The number of rotatable bonds is 5. The minimum Gasteiger partial charge on any atom is -0.484 e. The fraction of sp³-hybridized carbons (Fsp3) is 0.294. The van der Waals surface area contributed by atoms with Crippen molar-refractivity contribution in [3.8, 4) is 5.75 Å². The SMILES string of the molecule is CCC(N)C(Oc1ccccc1)c1ccccc1C. The molecule has 2 N–H and O–H groups in total. The zero-order chi connectivity index (χ0) is 13.7. The van der Waals surface area contributed by atoms with E-state index in [9.17, 15) is 0 Å². The van der Waals surface area contributed by atoms with Crippen LogP contribution in [0.2, 0.25) is 0 Å². The lowest BCUT2D eigenvalue weighted by atomic mass is 9.97. The van der Waals surface area contributed by atoms with Gasteiger partial charge in [0.15, 0.2) is 0 Å². The number of hydrogen-bond donors (Lipinski definition) is 1. The van der Waals surface area contributed by atoms with Crippen LogP contribution in [0.4, 0.5) is 0 Å². The van der Waals surface area contributed by atoms with Gasteiger partial charge in [0.2, 0.25) is 0 Å². The number of para-hydroxylation sites is 1. The summed E-state index contributed by atoms with van der Waals surface area (Å²) >= 11 is 0. The van der Waals surface area contributed by atoms with Crippen molar-refractivity contribution >= 4 is 0 Å². The van der Waals surface area contributed by atoms with Crippen molar-refractivity contribution in [1.82, 2.24) is 0 Å². The van der Waals surface area contributed by atoms with Crippen molar-refractivity contribution in [1.29, 1.82) is 0 Å². The topological polar surface area (TPSA) is 35.2 Å². The Labute approximate surface area is 115 Å². The van der Waals surface area contributed by atoms with Crippen LogP contribution in [0.25, 0.3) is 0 Å². The molecule has 2 aromatic rings. The molecule has 0 aliphatic heterocycles. The largest absolute Gasteiger partial charge is 0.484 e. The molecule has 0 aliphatic carbocycles. The van der Waals surface area contributed by atoms with E-state index in [-0.39, 0.29) is 12.1 Å². The zero-order valence-corrected chi connectivity index (χ0v) is 11.5. The second-order valence-corrected chi connectivity index (χ2v) is 4.78. The Balaban J connectivity index is 2.29. The molecule has 0 aromatic heterocycles. The second-order valence-electron chi connectivity index (χ2n) is 4.78. The molecule has 0 fully saturated rings. The fourth-order valence-corrected chi connectivity index (χ4v) is 2.15. The highest BCUT2D eigenvalue weighted by atomic mass is 16.5. The second kappa shape index (κ2) is 6.39. The molecule has 0 bridgehead atoms. The lowest BCUT2D eigenvalue weighted by Gasteiger charge is -2.26. The van der Waals surface area contributed by atoms with E-state index in [0.717, 1.165) is 12.2 Å². The van der Waals surface area contributed by atoms with Gasteiger partial charge in [-0.25, -0.2) is 0 Å². The molecule has 2 unspecified atom stereocenters. The van der Waals surface area contributed by atoms with Gasteiger partial charge >= 0.3 is 0 Å². The molecular formula is C17H21NO.